The van der Waals surface area contributed by atoms with E-state index in [-0.39, 0.29) is 0 Å². The molecule has 0 radical (unpaired) electrons. The highest BCUT2D eigenvalue weighted by atomic mass is 15.1. The summed E-state index contributed by atoms with van der Waals surface area (Å²) in [6.07, 6.45) is 16.7. The average molecular weight is 504 g/mol. The maximum absolute atomic E-state index is 4.70. The first-order chi connectivity index (χ1) is 18.7. The van der Waals surface area contributed by atoms with Crippen molar-refractivity contribution in [1.29, 1.82) is 0 Å². The Bertz CT molecular complexity index is 1740. The summed E-state index contributed by atoms with van der Waals surface area (Å²) in [4.78, 5) is 21.6. The number of aryl methyl sites for hydroxylation is 1. The number of H-pyrrole nitrogens is 2. The molecule has 0 bridgehead atoms. The molecule has 190 valence electrons. The lowest BCUT2D eigenvalue weighted by Gasteiger charge is -2.11. The molecular weight excluding hydrogens is 474 g/mol. The fourth-order valence-corrected chi connectivity index (χ4v) is 5.56. The van der Waals surface area contributed by atoms with Gasteiger partial charge < -0.3 is 14.9 Å². The van der Waals surface area contributed by atoms with Crippen molar-refractivity contribution < 1.29 is 0 Å². The molecular formula is C29H29N9. The third kappa shape index (κ3) is 4.24. The van der Waals surface area contributed by atoms with Crippen molar-refractivity contribution in [2.45, 2.75) is 39.2 Å². The van der Waals surface area contributed by atoms with Crippen molar-refractivity contribution in [3.63, 3.8) is 0 Å². The van der Waals surface area contributed by atoms with E-state index in [1.54, 1.807) is 6.20 Å². The minimum Gasteiger partial charge on any atom is -0.338 e. The van der Waals surface area contributed by atoms with Crippen molar-refractivity contribution in [3.8, 4) is 28.3 Å². The number of fused-ring (bicyclic) bond motifs is 2. The van der Waals surface area contributed by atoms with Crippen molar-refractivity contribution in [1.82, 2.24) is 45.0 Å². The number of rotatable bonds is 7. The fraction of sp³-hybridized carbons (Fsp3) is 0.276. The van der Waals surface area contributed by atoms with Crippen molar-refractivity contribution in [2.75, 3.05) is 6.54 Å². The van der Waals surface area contributed by atoms with Gasteiger partial charge in [0.05, 0.1) is 40.8 Å². The molecule has 6 heterocycles. The summed E-state index contributed by atoms with van der Waals surface area (Å²) in [5.41, 5.74) is 8.42. The lowest BCUT2D eigenvalue weighted by atomic mass is 10.1. The topological polar surface area (TPSA) is 113 Å². The highest BCUT2D eigenvalue weighted by Gasteiger charge is 2.16. The summed E-state index contributed by atoms with van der Waals surface area (Å²) in [5, 5.41) is 13.4. The highest BCUT2D eigenvalue weighted by molar-refractivity contribution is 5.97. The predicted molar refractivity (Wildman–Crippen MR) is 148 cm³/mol. The first-order valence-electron chi connectivity index (χ1n) is 13.2. The zero-order chi connectivity index (χ0) is 25.5. The molecule has 0 atom stereocenters. The maximum atomic E-state index is 4.70. The molecule has 1 saturated carbocycles. The van der Waals surface area contributed by atoms with E-state index in [9.17, 15) is 0 Å². The van der Waals surface area contributed by atoms with Crippen LogP contribution in [0.15, 0.2) is 61.6 Å². The number of hydrogen-bond acceptors (Lipinski definition) is 6. The van der Waals surface area contributed by atoms with Gasteiger partial charge in [-0.05, 0) is 62.1 Å². The van der Waals surface area contributed by atoms with Crippen molar-refractivity contribution >= 4 is 21.9 Å². The fourth-order valence-electron chi connectivity index (χ4n) is 5.56. The molecule has 0 aliphatic heterocycles. The van der Waals surface area contributed by atoms with Crippen LogP contribution >= 0.6 is 0 Å². The van der Waals surface area contributed by atoms with E-state index in [1.807, 2.05) is 48.7 Å². The van der Waals surface area contributed by atoms with Gasteiger partial charge in [0.1, 0.15) is 11.3 Å². The number of aromatic nitrogens is 8. The quantitative estimate of drug-likeness (QED) is 0.271. The SMILES string of the molecule is Cc1cn(-c2ccnc3[nH]c(-c4n[nH]c5cnc(-c6cncc(CNCC7CCCC7)c6)cc45)cc23)cn1. The van der Waals surface area contributed by atoms with E-state index >= 15 is 0 Å². The second kappa shape index (κ2) is 9.50. The lowest BCUT2D eigenvalue weighted by Crippen LogP contribution is -2.20. The van der Waals surface area contributed by atoms with Gasteiger partial charge in [-0.3, -0.25) is 15.1 Å². The summed E-state index contributed by atoms with van der Waals surface area (Å²) < 4.78 is 2.02. The zero-order valence-corrected chi connectivity index (χ0v) is 21.3. The molecule has 7 rings (SSSR count). The molecule has 9 heteroatoms. The third-order valence-corrected chi connectivity index (χ3v) is 7.53. The smallest absolute Gasteiger partial charge is 0.139 e. The largest absolute Gasteiger partial charge is 0.338 e. The second-order valence-electron chi connectivity index (χ2n) is 10.2. The molecule has 0 spiro atoms. The van der Waals surface area contributed by atoms with E-state index in [1.165, 1.54) is 31.2 Å². The summed E-state index contributed by atoms with van der Waals surface area (Å²) in [5.74, 6) is 0.815. The van der Waals surface area contributed by atoms with Crippen LogP contribution in [0.2, 0.25) is 0 Å². The summed E-state index contributed by atoms with van der Waals surface area (Å²) in [6, 6.07) is 8.35. The van der Waals surface area contributed by atoms with Gasteiger partial charge in [-0.2, -0.15) is 5.10 Å². The number of hydrogen-bond donors (Lipinski definition) is 3. The zero-order valence-electron chi connectivity index (χ0n) is 21.3. The molecule has 1 aliphatic rings. The van der Waals surface area contributed by atoms with Gasteiger partial charge in [0.25, 0.3) is 0 Å². The number of aromatic amines is 2. The van der Waals surface area contributed by atoms with Gasteiger partial charge in [-0.1, -0.05) is 12.8 Å². The monoisotopic (exact) mass is 503 g/mol. The Morgan fingerprint density at radius 3 is 2.82 bits per heavy atom. The van der Waals surface area contributed by atoms with Crippen LogP contribution in [0.3, 0.4) is 0 Å². The number of nitrogens with one attached hydrogen (secondary N) is 3. The number of nitrogens with zero attached hydrogens (tertiary/aromatic N) is 6. The van der Waals surface area contributed by atoms with Crippen LogP contribution in [0, 0.1) is 12.8 Å². The molecule has 0 amide bonds. The summed E-state index contributed by atoms with van der Waals surface area (Å²) in [6.45, 7) is 3.88. The molecule has 0 aromatic carbocycles. The van der Waals surface area contributed by atoms with Gasteiger partial charge in [-0.15, -0.1) is 0 Å². The standard InChI is InChI=1S/C29H29N9/c1-18-16-38(17-34-18)27-6-7-32-29-23(27)10-25(35-29)28-22-9-24(33-15-26(22)36-37-28)21-8-20(13-31-14-21)12-30-11-19-4-2-3-5-19/h6-10,13-17,19,30H,2-5,11-12H2,1H3,(H,32,35)(H,36,37). The summed E-state index contributed by atoms with van der Waals surface area (Å²) in [7, 11) is 0. The van der Waals surface area contributed by atoms with E-state index in [0.717, 1.165) is 75.0 Å². The lowest BCUT2D eigenvalue weighted by molar-refractivity contribution is 0.489. The molecule has 1 aliphatic carbocycles. The Morgan fingerprint density at radius 1 is 1.03 bits per heavy atom. The second-order valence-corrected chi connectivity index (χ2v) is 10.2. The molecule has 6 aromatic heterocycles. The van der Waals surface area contributed by atoms with E-state index in [2.05, 4.69) is 53.6 Å². The first kappa shape index (κ1) is 22.8. The molecule has 9 nitrogen and oxygen atoms in total. The van der Waals surface area contributed by atoms with Crippen LogP contribution in [0.4, 0.5) is 0 Å². The highest BCUT2D eigenvalue weighted by Crippen LogP contribution is 2.32. The van der Waals surface area contributed by atoms with Gasteiger partial charge in [-0.25, -0.2) is 9.97 Å². The minimum absolute atomic E-state index is 0.802. The molecule has 1 fully saturated rings. The van der Waals surface area contributed by atoms with Crippen molar-refractivity contribution in [3.05, 3.63) is 72.8 Å². The number of pyridine rings is 3. The molecule has 6 aromatic rings. The van der Waals surface area contributed by atoms with Crippen LogP contribution in [-0.4, -0.2) is 46.2 Å². The molecule has 0 unspecified atom stereocenters. The minimum atomic E-state index is 0.802. The van der Waals surface area contributed by atoms with Crippen LogP contribution in [-0.2, 0) is 6.54 Å². The average Bonchev–Trinajstić information content (AvgIpc) is 3.74. The third-order valence-electron chi connectivity index (χ3n) is 7.53. The van der Waals surface area contributed by atoms with E-state index in [4.69, 9.17) is 4.98 Å². The normalized spacial score (nSPS) is 14.2. The molecule has 38 heavy (non-hydrogen) atoms. The van der Waals surface area contributed by atoms with Crippen LogP contribution in [0.1, 0.15) is 36.9 Å². The maximum Gasteiger partial charge on any atom is 0.139 e. The Kier molecular flexibility index (Phi) is 5.70. The van der Waals surface area contributed by atoms with E-state index < -0.39 is 0 Å². The predicted octanol–water partition coefficient (Wildman–Crippen LogP) is 5.34. The van der Waals surface area contributed by atoms with Gasteiger partial charge in [0, 0.05) is 47.7 Å². The summed E-state index contributed by atoms with van der Waals surface area (Å²) >= 11 is 0. The van der Waals surface area contributed by atoms with Crippen LogP contribution in [0.5, 0.6) is 0 Å². The molecule has 3 N–H and O–H groups in total. The van der Waals surface area contributed by atoms with Crippen LogP contribution < -0.4 is 5.32 Å². The Hall–Kier alpha value is -4.37. The Labute approximate surface area is 219 Å². The van der Waals surface area contributed by atoms with Gasteiger partial charge in [0.2, 0.25) is 0 Å². The number of imidazole rings is 1. The van der Waals surface area contributed by atoms with Gasteiger partial charge >= 0.3 is 0 Å². The first-order valence-corrected chi connectivity index (χ1v) is 13.2. The Morgan fingerprint density at radius 2 is 1.95 bits per heavy atom. The molecule has 0 saturated heterocycles. The van der Waals surface area contributed by atoms with Crippen LogP contribution in [0.25, 0.3) is 50.3 Å². The van der Waals surface area contributed by atoms with Gasteiger partial charge in [0.15, 0.2) is 0 Å². The Balaban J connectivity index is 1.20. The van der Waals surface area contributed by atoms with Crippen molar-refractivity contribution in [2.24, 2.45) is 5.92 Å². The van der Waals surface area contributed by atoms with E-state index in [0.29, 0.717) is 0 Å².